The minimum Gasteiger partial charge on any atom is -0.481 e. The first kappa shape index (κ1) is 7.88. The molecule has 0 aromatic carbocycles. The van der Waals surface area contributed by atoms with Crippen molar-refractivity contribution in [2.45, 2.75) is 6.92 Å². The highest BCUT2D eigenvalue weighted by atomic mass is 16.5. The largest absolute Gasteiger partial charge is 0.481 e. The van der Waals surface area contributed by atoms with Gasteiger partial charge in [-0.3, -0.25) is 5.41 Å². The van der Waals surface area contributed by atoms with Crippen LogP contribution in [0.3, 0.4) is 0 Å². The Morgan fingerprint density at radius 3 is 2.22 bits per heavy atom. The van der Waals surface area contributed by atoms with Crippen molar-refractivity contribution in [2.24, 2.45) is 0 Å². The van der Waals surface area contributed by atoms with E-state index in [1.54, 1.807) is 6.92 Å². The van der Waals surface area contributed by atoms with Gasteiger partial charge < -0.3 is 10.1 Å². The summed E-state index contributed by atoms with van der Waals surface area (Å²) in [6.45, 7) is 1.64. The van der Waals surface area contributed by atoms with Gasteiger partial charge in [0.25, 0.3) is 0 Å². The molecule has 0 saturated carbocycles. The fourth-order valence-corrected chi connectivity index (χ4v) is 0.269. The molecule has 0 spiro atoms. The zero-order chi connectivity index (χ0) is 7.28. The lowest BCUT2D eigenvalue weighted by Crippen LogP contribution is -1.93. The van der Waals surface area contributed by atoms with Crippen LogP contribution in [0.15, 0.2) is 12.2 Å². The van der Waals surface area contributed by atoms with Crippen LogP contribution >= 0.6 is 0 Å². The molecule has 0 heterocycles. The van der Waals surface area contributed by atoms with E-state index in [0.29, 0.717) is 5.71 Å². The predicted molar refractivity (Wildman–Crippen MR) is 37.3 cm³/mol. The fraction of sp³-hybridized carbons (Fsp3) is 0.333. The third kappa shape index (κ3) is 4.74. The molecule has 2 N–H and O–H groups in total. The summed E-state index contributed by atoms with van der Waals surface area (Å²) in [7, 11) is 1.42. The van der Waals surface area contributed by atoms with E-state index in [2.05, 4.69) is 4.74 Å². The molecule has 0 unspecified atom stereocenters. The van der Waals surface area contributed by atoms with Crippen LogP contribution in [0.5, 0.6) is 0 Å². The van der Waals surface area contributed by atoms with Gasteiger partial charge in [0.2, 0.25) is 5.90 Å². The van der Waals surface area contributed by atoms with Gasteiger partial charge in [0.05, 0.1) is 7.11 Å². The highest BCUT2D eigenvalue weighted by molar-refractivity contribution is 5.96. The van der Waals surface area contributed by atoms with Crippen LogP contribution in [-0.2, 0) is 4.74 Å². The van der Waals surface area contributed by atoms with Gasteiger partial charge in [-0.2, -0.15) is 0 Å². The van der Waals surface area contributed by atoms with Gasteiger partial charge in [0.1, 0.15) is 0 Å². The van der Waals surface area contributed by atoms with Crippen LogP contribution in [0.1, 0.15) is 6.92 Å². The molecular weight excluding hydrogens is 116 g/mol. The van der Waals surface area contributed by atoms with E-state index in [-0.39, 0.29) is 5.90 Å². The monoisotopic (exact) mass is 126 g/mol. The van der Waals surface area contributed by atoms with Gasteiger partial charge >= 0.3 is 0 Å². The normalized spacial score (nSPS) is 9.56. The van der Waals surface area contributed by atoms with Crippen molar-refractivity contribution in [3.8, 4) is 0 Å². The van der Waals surface area contributed by atoms with Crippen LogP contribution in [0, 0.1) is 10.8 Å². The molecule has 9 heavy (non-hydrogen) atoms. The molecule has 3 nitrogen and oxygen atoms in total. The zero-order valence-electron chi connectivity index (χ0n) is 5.56. The van der Waals surface area contributed by atoms with E-state index in [0.717, 1.165) is 0 Å². The fourth-order valence-electron chi connectivity index (χ4n) is 0.269. The lowest BCUT2D eigenvalue weighted by molar-refractivity contribution is 0.403. The first-order valence-corrected chi connectivity index (χ1v) is 2.52. The maximum atomic E-state index is 6.92. The molecule has 0 aromatic rings. The van der Waals surface area contributed by atoms with Crippen molar-refractivity contribution >= 4 is 11.6 Å². The number of methoxy groups -OCH3 is 1. The molecule has 0 aliphatic carbocycles. The Morgan fingerprint density at radius 2 is 1.89 bits per heavy atom. The number of nitrogens with one attached hydrogen (secondary N) is 2. The topological polar surface area (TPSA) is 56.9 Å². The Morgan fingerprint density at radius 1 is 1.33 bits per heavy atom. The van der Waals surface area contributed by atoms with Crippen LogP contribution in [0.2, 0.25) is 0 Å². The summed E-state index contributed by atoms with van der Waals surface area (Å²) in [4.78, 5) is 0. The molecule has 50 valence electrons. The number of hydrogen-bond donors (Lipinski definition) is 2. The third-order valence-corrected chi connectivity index (χ3v) is 0.705. The van der Waals surface area contributed by atoms with Gasteiger partial charge in [0, 0.05) is 11.8 Å². The molecule has 0 saturated heterocycles. The predicted octanol–water partition coefficient (Wildman–Crippen LogP) is 1.21. The Labute approximate surface area is 54.4 Å². The third-order valence-electron chi connectivity index (χ3n) is 0.705. The second kappa shape index (κ2) is 3.83. The van der Waals surface area contributed by atoms with E-state index in [1.807, 2.05) is 0 Å². The molecule has 0 rings (SSSR count). The summed E-state index contributed by atoms with van der Waals surface area (Å²) >= 11 is 0. The first-order chi connectivity index (χ1) is 4.16. The summed E-state index contributed by atoms with van der Waals surface area (Å²) in [5.74, 6) is 0.0709. The number of rotatable bonds is 2. The van der Waals surface area contributed by atoms with Gasteiger partial charge in [-0.05, 0) is 13.0 Å². The second-order valence-corrected chi connectivity index (χ2v) is 1.58. The standard InChI is InChI=1S/C6H10N2O/c1-5(7)3-4-6(8)9-2/h3-4,7-8H,1-2H3/b4-3-,7-5?,8-6?. The summed E-state index contributed by atoms with van der Waals surface area (Å²) in [5, 5.41) is 13.8. The molecule has 0 aliphatic rings. The summed E-state index contributed by atoms with van der Waals surface area (Å²) in [6, 6.07) is 0. The van der Waals surface area contributed by atoms with Gasteiger partial charge in [-0.15, -0.1) is 0 Å². The SMILES string of the molecule is COC(=N)/C=C\C(C)=N. The van der Waals surface area contributed by atoms with E-state index in [4.69, 9.17) is 10.8 Å². The number of hydrogen-bond acceptors (Lipinski definition) is 3. The highest BCUT2D eigenvalue weighted by Gasteiger charge is 1.83. The first-order valence-electron chi connectivity index (χ1n) is 2.52. The Hall–Kier alpha value is -1.12. The van der Waals surface area contributed by atoms with Crippen molar-refractivity contribution in [1.29, 1.82) is 10.8 Å². The van der Waals surface area contributed by atoms with Crippen LogP contribution in [0.25, 0.3) is 0 Å². The van der Waals surface area contributed by atoms with E-state index < -0.39 is 0 Å². The lowest BCUT2D eigenvalue weighted by Gasteiger charge is -1.91. The summed E-state index contributed by atoms with van der Waals surface area (Å²) in [5.41, 5.74) is 0.414. The van der Waals surface area contributed by atoms with Crippen LogP contribution in [-0.4, -0.2) is 18.7 Å². The van der Waals surface area contributed by atoms with Gasteiger partial charge in [0.15, 0.2) is 0 Å². The Kier molecular flexibility index (Phi) is 3.35. The minimum atomic E-state index is 0.0709. The lowest BCUT2D eigenvalue weighted by atomic mass is 10.4. The Bertz CT molecular complexity index is 149. The zero-order valence-corrected chi connectivity index (χ0v) is 5.56. The second-order valence-electron chi connectivity index (χ2n) is 1.58. The smallest absolute Gasteiger partial charge is 0.205 e. The molecule has 0 amide bonds. The quantitative estimate of drug-likeness (QED) is 0.424. The van der Waals surface area contributed by atoms with Crippen molar-refractivity contribution in [2.75, 3.05) is 7.11 Å². The summed E-state index contributed by atoms with van der Waals surface area (Å²) in [6.07, 6.45) is 2.94. The van der Waals surface area contributed by atoms with Crippen LogP contribution in [0.4, 0.5) is 0 Å². The van der Waals surface area contributed by atoms with E-state index in [9.17, 15) is 0 Å². The molecule has 0 bridgehead atoms. The minimum absolute atomic E-state index is 0.0709. The highest BCUT2D eigenvalue weighted by Crippen LogP contribution is 1.79. The molecule has 0 fully saturated rings. The molecule has 0 aliphatic heterocycles. The average Bonchev–Trinajstić information content (AvgIpc) is 1.83. The van der Waals surface area contributed by atoms with Crippen molar-refractivity contribution in [1.82, 2.24) is 0 Å². The van der Waals surface area contributed by atoms with E-state index in [1.165, 1.54) is 19.3 Å². The van der Waals surface area contributed by atoms with Crippen molar-refractivity contribution in [3.63, 3.8) is 0 Å². The van der Waals surface area contributed by atoms with Gasteiger partial charge in [-0.25, -0.2) is 0 Å². The maximum Gasteiger partial charge on any atom is 0.205 e. The van der Waals surface area contributed by atoms with Crippen molar-refractivity contribution in [3.05, 3.63) is 12.2 Å². The van der Waals surface area contributed by atoms with Gasteiger partial charge in [-0.1, -0.05) is 0 Å². The maximum absolute atomic E-state index is 6.92. The molecular formula is C6H10N2O. The molecule has 3 heteroatoms. The van der Waals surface area contributed by atoms with Crippen LogP contribution < -0.4 is 0 Å². The number of ether oxygens (including phenoxy) is 1. The molecule has 0 aromatic heterocycles. The number of allylic oxidation sites excluding steroid dienone is 1. The van der Waals surface area contributed by atoms with Crippen molar-refractivity contribution < 1.29 is 4.74 Å². The Balaban J connectivity index is 3.71. The molecule has 0 radical (unpaired) electrons. The molecule has 0 atom stereocenters. The summed E-state index contributed by atoms with van der Waals surface area (Å²) < 4.78 is 4.50. The van der Waals surface area contributed by atoms with E-state index >= 15 is 0 Å². The average molecular weight is 126 g/mol.